The van der Waals surface area contributed by atoms with Crippen molar-refractivity contribution in [3.63, 3.8) is 0 Å². The maximum atomic E-state index is 11.6. The average Bonchev–Trinajstić information content (AvgIpc) is 2.17. The highest BCUT2D eigenvalue weighted by atomic mass is 35.6. The molecule has 1 aromatic carbocycles. The molecule has 0 aliphatic heterocycles. The molecule has 88 valence electrons. The fourth-order valence-corrected chi connectivity index (χ4v) is 1.17. The van der Waals surface area contributed by atoms with Crippen molar-refractivity contribution in [3.05, 3.63) is 35.4 Å². The minimum atomic E-state index is -1.72. The second-order valence-electron chi connectivity index (χ2n) is 3.36. The molecule has 0 radical (unpaired) electrons. The third kappa shape index (κ3) is 3.83. The lowest BCUT2D eigenvalue weighted by Crippen LogP contribution is -2.50. The number of rotatable bonds is 2. The normalized spacial score (nSPS) is 13.3. The van der Waals surface area contributed by atoms with Crippen LogP contribution in [-0.2, 0) is 0 Å². The monoisotopic (exact) mass is 280 g/mol. The summed E-state index contributed by atoms with van der Waals surface area (Å²) in [5.41, 5.74) is 7.02. The Bertz CT molecular complexity index is 373. The van der Waals surface area contributed by atoms with Gasteiger partial charge in [-0.3, -0.25) is 4.79 Å². The van der Waals surface area contributed by atoms with Crippen molar-refractivity contribution in [2.45, 2.75) is 16.9 Å². The standard InChI is InChI=1S/C10H11Cl3N2O/c1-6-2-4-7(5-3-6)8(16)15-9(14)10(11,12)13/h2-5,9H,14H2,1H3,(H,15,16). The summed E-state index contributed by atoms with van der Waals surface area (Å²) in [5, 5.41) is 2.40. The van der Waals surface area contributed by atoms with Crippen molar-refractivity contribution >= 4 is 40.7 Å². The molecule has 0 aromatic heterocycles. The Morgan fingerprint density at radius 3 is 2.25 bits per heavy atom. The van der Waals surface area contributed by atoms with E-state index >= 15 is 0 Å². The maximum absolute atomic E-state index is 11.6. The third-order valence-electron chi connectivity index (χ3n) is 1.95. The smallest absolute Gasteiger partial charge is 0.252 e. The Morgan fingerprint density at radius 2 is 1.81 bits per heavy atom. The lowest BCUT2D eigenvalue weighted by atomic mass is 10.1. The summed E-state index contributed by atoms with van der Waals surface area (Å²) in [5.74, 6) is -0.376. The molecule has 1 amide bonds. The number of alkyl halides is 3. The predicted molar refractivity (Wildman–Crippen MR) is 66.9 cm³/mol. The van der Waals surface area contributed by atoms with Crippen LogP contribution in [0.5, 0.6) is 0 Å². The van der Waals surface area contributed by atoms with Crippen LogP contribution in [0.15, 0.2) is 24.3 Å². The van der Waals surface area contributed by atoms with Crippen LogP contribution in [0.4, 0.5) is 0 Å². The highest BCUT2D eigenvalue weighted by Gasteiger charge is 2.30. The van der Waals surface area contributed by atoms with Gasteiger partial charge in [0.1, 0.15) is 6.17 Å². The molecule has 1 aromatic rings. The van der Waals surface area contributed by atoms with Gasteiger partial charge in [0, 0.05) is 5.56 Å². The molecule has 0 aliphatic carbocycles. The second kappa shape index (κ2) is 5.23. The van der Waals surface area contributed by atoms with Crippen molar-refractivity contribution < 1.29 is 4.79 Å². The van der Waals surface area contributed by atoms with E-state index in [1.165, 1.54) is 0 Å². The molecule has 3 nitrogen and oxygen atoms in total. The molecule has 3 N–H and O–H groups in total. The van der Waals surface area contributed by atoms with Gasteiger partial charge >= 0.3 is 0 Å². The number of hydrogen-bond acceptors (Lipinski definition) is 2. The van der Waals surface area contributed by atoms with Crippen LogP contribution in [0.2, 0.25) is 0 Å². The summed E-state index contributed by atoms with van der Waals surface area (Å²) in [6.07, 6.45) is -1.05. The van der Waals surface area contributed by atoms with E-state index < -0.39 is 9.96 Å². The largest absolute Gasteiger partial charge is 0.333 e. The van der Waals surface area contributed by atoms with E-state index in [0.29, 0.717) is 5.56 Å². The molecule has 1 rings (SSSR count). The van der Waals surface area contributed by atoms with Gasteiger partial charge in [0.2, 0.25) is 3.79 Å². The van der Waals surface area contributed by atoms with Gasteiger partial charge in [0.25, 0.3) is 5.91 Å². The van der Waals surface area contributed by atoms with Gasteiger partial charge in [0.05, 0.1) is 0 Å². The topological polar surface area (TPSA) is 55.1 Å². The molecule has 1 unspecified atom stereocenters. The Morgan fingerprint density at radius 1 is 1.31 bits per heavy atom. The number of aryl methyl sites for hydroxylation is 1. The minimum Gasteiger partial charge on any atom is -0.333 e. The van der Waals surface area contributed by atoms with Crippen LogP contribution in [-0.4, -0.2) is 15.9 Å². The summed E-state index contributed by atoms with van der Waals surface area (Å²) < 4.78 is -1.72. The zero-order valence-electron chi connectivity index (χ0n) is 8.51. The Labute approximate surface area is 109 Å². The van der Waals surface area contributed by atoms with Crippen molar-refractivity contribution in [2.24, 2.45) is 5.73 Å². The quantitative estimate of drug-likeness (QED) is 0.646. The summed E-state index contributed by atoms with van der Waals surface area (Å²) in [4.78, 5) is 11.6. The molecule has 6 heteroatoms. The molecular weight excluding hydrogens is 270 g/mol. The number of hydrogen-bond donors (Lipinski definition) is 2. The highest BCUT2D eigenvalue weighted by molar-refractivity contribution is 6.68. The summed E-state index contributed by atoms with van der Waals surface area (Å²) >= 11 is 16.6. The molecular formula is C10H11Cl3N2O. The lowest BCUT2D eigenvalue weighted by molar-refractivity contribution is 0.0938. The zero-order valence-corrected chi connectivity index (χ0v) is 10.8. The number of amides is 1. The first-order valence-electron chi connectivity index (χ1n) is 4.50. The molecule has 0 spiro atoms. The van der Waals surface area contributed by atoms with E-state index in [-0.39, 0.29) is 5.91 Å². The Balaban J connectivity index is 2.70. The van der Waals surface area contributed by atoms with Crippen LogP contribution in [0.3, 0.4) is 0 Å². The molecule has 0 fully saturated rings. The third-order valence-corrected chi connectivity index (χ3v) is 2.66. The number of nitrogens with one attached hydrogen (secondary N) is 1. The van der Waals surface area contributed by atoms with Crippen molar-refractivity contribution in [1.29, 1.82) is 0 Å². The molecule has 0 heterocycles. The van der Waals surface area contributed by atoms with Gasteiger partial charge in [-0.15, -0.1) is 0 Å². The van der Waals surface area contributed by atoms with Crippen LogP contribution in [0.1, 0.15) is 15.9 Å². The molecule has 1 atom stereocenters. The van der Waals surface area contributed by atoms with Crippen molar-refractivity contribution in [3.8, 4) is 0 Å². The average molecular weight is 282 g/mol. The van der Waals surface area contributed by atoms with Crippen LogP contribution in [0, 0.1) is 6.92 Å². The molecule has 0 saturated carbocycles. The van der Waals surface area contributed by atoms with Crippen molar-refractivity contribution in [2.75, 3.05) is 0 Å². The Hall–Kier alpha value is -0.480. The molecule has 0 saturated heterocycles. The fraction of sp³-hybridized carbons (Fsp3) is 0.300. The van der Waals surface area contributed by atoms with E-state index in [9.17, 15) is 4.79 Å². The SMILES string of the molecule is Cc1ccc(C(=O)NC(N)C(Cl)(Cl)Cl)cc1. The van der Waals surface area contributed by atoms with Gasteiger partial charge in [0.15, 0.2) is 0 Å². The molecule has 0 aliphatic rings. The summed E-state index contributed by atoms with van der Waals surface area (Å²) in [7, 11) is 0. The van der Waals surface area contributed by atoms with E-state index in [1.54, 1.807) is 12.1 Å². The van der Waals surface area contributed by atoms with E-state index in [0.717, 1.165) is 5.56 Å². The fourth-order valence-electron chi connectivity index (χ4n) is 1.01. The zero-order chi connectivity index (χ0) is 12.3. The summed E-state index contributed by atoms with van der Waals surface area (Å²) in [6, 6.07) is 6.98. The highest BCUT2D eigenvalue weighted by Crippen LogP contribution is 2.27. The first-order chi connectivity index (χ1) is 7.30. The first-order valence-corrected chi connectivity index (χ1v) is 5.64. The van der Waals surface area contributed by atoms with Crippen LogP contribution in [0.25, 0.3) is 0 Å². The van der Waals surface area contributed by atoms with Gasteiger partial charge < -0.3 is 11.1 Å². The van der Waals surface area contributed by atoms with Crippen LogP contribution >= 0.6 is 34.8 Å². The number of halogens is 3. The molecule has 16 heavy (non-hydrogen) atoms. The number of carbonyl (C=O) groups is 1. The number of carbonyl (C=O) groups excluding carboxylic acids is 1. The van der Waals surface area contributed by atoms with Gasteiger partial charge in [-0.25, -0.2) is 0 Å². The number of benzene rings is 1. The van der Waals surface area contributed by atoms with E-state index in [1.807, 2.05) is 19.1 Å². The second-order valence-corrected chi connectivity index (χ2v) is 5.73. The van der Waals surface area contributed by atoms with Gasteiger partial charge in [-0.2, -0.15) is 0 Å². The van der Waals surface area contributed by atoms with Crippen LogP contribution < -0.4 is 11.1 Å². The minimum absolute atomic E-state index is 0.376. The number of nitrogens with two attached hydrogens (primary N) is 1. The lowest BCUT2D eigenvalue weighted by Gasteiger charge is -2.21. The van der Waals surface area contributed by atoms with E-state index in [2.05, 4.69) is 5.32 Å². The van der Waals surface area contributed by atoms with E-state index in [4.69, 9.17) is 40.5 Å². The maximum Gasteiger partial charge on any atom is 0.252 e. The first kappa shape index (κ1) is 13.6. The molecule has 0 bridgehead atoms. The Kier molecular flexibility index (Phi) is 4.44. The van der Waals surface area contributed by atoms with Crippen molar-refractivity contribution in [1.82, 2.24) is 5.32 Å². The van der Waals surface area contributed by atoms with Gasteiger partial charge in [-0.1, -0.05) is 52.5 Å². The predicted octanol–water partition coefficient (Wildman–Crippen LogP) is 2.38. The van der Waals surface area contributed by atoms with Gasteiger partial charge in [-0.05, 0) is 19.1 Å². The summed E-state index contributed by atoms with van der Waals surface area (Å²) in [6.45, 7) is 1.93.